The molecule has 0 radical (unpaired) electrons. The average molecular weight is 252 g/mol. The van der Waals surface area contributed by atoms with E-state index in [1.807, 2.05) is 20.0 Å². The lowest BCUT2D eigenvalue weighted by atomic mass is 10.2. The SMILES string of the molecule is CCCNc1ncc(C)c(NCCC(O)CC)n1. The van der Waals surface area contributed by atoms with E-state index in [1.54, 1.807) is 0 Å². The summed E-state index contributed by atoms with van der Waals surface area (Å²) in [5.41, 5.74) is 1.02. The quantitative estimate of drug-likeness (QED) is 0.661. The van der Waals surface area contributed by atoms with Crippen LogP contribution in [-0.4, -0.2) is 34.3 Å². The normalized spacial score (nSPS) is 12.2. The number of aliphatic hydroxyl groups excluding tert-OH is 1. The van der Waals surface area contributed by atoms with Gasteiger partial charge in [-0.1, -0.05) is 13.8 Å². The lowest BCUT2D eigenvalue weighted by Crippen LogP contribution is -2.14. The van der Waals surface area contributed by atoms with Gasteiger partial charge in [-0.25, -0.2) is 4.98 Å². The van der Waals surface area contributed by atoms with Gasteiger partial charge in [0.15, 0.2) is 0 Å². The third kappa shape index (κ3) is 4.87. The molecule has 0 amide bonds. The summed E-state index contributed by atoms with van der Waals surface area (Å²) in [4.78, 5) is 8.64. The summed E-state index contributed by atoms with van der Waals surface area (Å²) in [5.74, 6) is 1.49. The van der Waals surface area contributed by atoms with E-state index >= 15 is 0 Å². The standard InChI is InChI=1S/C13H24N4O/c1-4-7-15-13-16-9-10(3)12(17-13)14-8-6-11(18)5-2/h9,11,18H,4-8H2,1-3H3,(H2,14,15,16,17). The lowest BCUT2D eigenvalue weighted by Gasteiger charge is -2.12. The Morgan fingerprint density at radius 3 is 2.72 bits per heavy atom. The first kappa shape index (κ1) is 14.7. The number of nitrogens with one attached hydrogen (secondary N) is 2. The number of anilines is 2. The molecule has 0 fully saturated rings. The molecule has 0 aromatic carbocycles. The second-order valence-electron chi connectivity index (χ2n) is 4.43. The van der Waals surface area contributed by atoms with Crippen LogP contribution >= 0.6 is 0 Å². The molecule has 5 nitrogen and oxygen atoms in total. The van der Waals surface area contributed by atoms with Crippen molar-refractivity contribution >= 4 is 11.8 Å². The van der Waals surface area contributed by atoms with E-state index in [4.69, 9.17) is 0 Å². The molecule has 1 heterocycles. The molecule has 1 aromatic heterocycles. The summed E-state index contributed by atoms with van der Waals surface area (Å²) in [6.07, 6.45) is 4.13. The third-order valence-electron chi connectivity index (χ3n) is 2.75. The Balaban J connectivity index is 2.52. The Hall–Kier alpha value is -1.36. The lowest BCUT2D eigenvalue weighted by molar-refractivity contribution is 0.164. The molecule has 1 rings (SSSR count). The minimum absolute atomic E-state index is 0.239. The van der Waals surface area contributed by atoms with Gasteiger partial charge in [-0.15, -0.1) is 0 Å². The minimum atomic E-state index is -0.239. The highest BCUT2D eigenvalue weighted by Crippen LogP contribution is 2.12. The molecule has 3 N–H and O–H groups in total. The third-order valence-corrected chi connectivity index (χ3v) is 2.75. The fraction of sp³-hybridized carbons (Fsp3) is 0.692. The Kier molecular flexibility index (Phi) is 6.43. The molecule has 0 aliphatic carbocycles. The van der Waals surface area contributed by atoms with E-state index in [2.05, 4.69) is 27.5 Å². The van der Waals surface area contributed by atoms with Crippen molar-refractivity contribution in [3.8, 4) is 0 Å². The van der Waals surface area contributed by atoms with Gasteiger partial charge < -0.3 is 15.7 Å². The summed E-state index contributed by atoms with van der Waals surface area (Å²) >= 11 is 0. The van der Waals surface area contributed by atoms with E-state index in [0.29, 0.717) is 5.95 Å². The molecule has 5 heteroatoms. The molecule has 0 aliphatic heterocycles. The number of aryl methyl sites for hydroxylation is 1. The maximum absolute atomic E-state index is 9.49. The van der Waals surface area contributed by atoms with Crippen LogP contribution in [0.3, 0.4) is 0 Å². The van der Waals surface area contributed by atoms with Crippen molar-refractivity contribution in [3.63, 3.8) is 0 Å². The van der Waals surface area contributed by atoms with Gasteiger partial charge in [-0.2, -0.15) is 4.98 Å². The van der Waals surface area contributed by atoms with Gasteiger partial charge in [-0.05, 0) is 26.2 Å². The van der Waals surface area contributed by atoms with E-state index < -0.39 is 0 Å². The molecule has 1 aromatic rings. The van der Waals surface area contributed by atoms with Crippen LogP contribution in [0.4, 0.5) is 11.8 Å². The van der Waals surface area contributed by atoms with E-state index in [9.17, 15) is 5.11 Å². The zero-order chi connectivity index (χ0) is 13.4. The highest BCUT2D eigenvalue weighted by atomic mass is 16.3. The Labute approximate surface area is 109 Å². The van der Waals surface area contributed by atoms with Gasteiger partial charge in [-0.3, -0.25) is 0 Å². The van der Waals surface area contributed by atoms with Crippen molar-refractivity contribution < 1.29 is 5.11 Å². The molecule has 1 unspecified atom stereocenters. The maximum Gasteiger partial charge on any atom is 0.224 e. The predicted molar refractivity (Wildman–Crippen MR) is 75.0 cm³/mol. The van der Waals surface area contributed by atoms with Crippen molar-refractivity contribution in [1.82, 2.24) is 9.97 Å². The van der Waals surface area contributed by atoms with Gasteiger partial charge in [0.2, 0.25) is 5.95 Å². The van der Waals surface area contributed by atoms with Crippen LogP contribution in [0.15, 0.2) is 6.20 Å². The molecule has 102 valence electrons. The number of hydrogen-bond acceptors (Lipinski definition) is 5. The van der Waals surface area contributed by atoms with E-state index in [-0.39, 0.29) is 6.10 Å². The Bertz CT molecular complexity index is 357. The number of aromatic nitrogens is 2. The number of aliphatic hydroxyl groups is 1. The van der Waals surface area contributed by atoms with Crippen LogP contribution in [0.1, 0.15) is 38.7 Å². The van der Waals surface area contributed by atoms with Gasteiger partial charge in [0.1, 0.15) is 5.82 Å². The molecule has 0 spiro atoms. The van der Waals surface area contributed by atoms with Crippen LogP contribution in [0.25, 0.3) is 0 Å². The molecular weight excluding hydrogens is 228 g/mol. The van der Waals surface area contributed by atoms with Crippen molar-refractivity contribution in [2.24, 2.45) is 0 Å². The average Bonchev–Trinajstić information content (AvgIpc) is 2.39. The number of rotatable bonds is 8. The van der Waals surface area contributed by atoms with Crippen molar-refractivity contribution in [3.05, 3.63) is 11.8 Å². The highest BCUT2D eigenvalue weighted by molar-refractivity contribution is 5.46. The van der Waals surface area contributed by atoms with Crippen molar-refractivity contribution in [2.45, 2.75) is 46.1 Å². The maximum atomic E-state index is 9.49. The van der Waals surface area contributed by atoms with Gasteiger partial charge in [0.05, 0.1) is 6.10 Å². The summed E-state index contributed by atoms with van der Waals surface area (Å²) in [6, 6.07) is 0. The molecule has 0 saturated heterocycles. The predicted octanol–water partition coefficient (Wildman–Crippen LogP) is 2.18. The number of hydrogen-bond donors (Lipinski definition) is 3. The van der Waals surface area contributed by atoms with Crippen LogP contribution in [0, 0.1) is 6.92 Å². The molecule has 0 aliphatic rings. The summed E-state index contributed by atoms with van der Waals surface area (Å²) in [7, 11) is 0. The monoisotopic (exact) mass is 252 g/mol. The first-order valence-electron chi connectivity index (χ1n) is 6.66. The molecular formula is C13H24N4O. The smallest absolute Gasteiger partial charge is 0.224 e. The summed E-state index contributed by atoms with van der Waals surface area (Å²) in [6.45, 7) is 7.65. The fourth-order valence-corrected chi connectivity index (χ4v) is 1.50. The highest BCUT2D eigenvalue weighted by Gasteiger charge is 2.04. The Morgan fingerprint density at radius 2 is 2.06 bits per heavy atom. The van der Waals surface area contributed by atoms with Gasteiger partial charge in [0, 0.05) is 24.8 Å². The first-order chi connectivity index (χ1) is 8.67. The molecule has 1 atom stereocenters. The molecule has 0 saturated carbocycles. The van der Waals surface area contributed by atoms with Crippen molar-refractivity contribution in [2.75, 3.05) is 23.7 Å². The first-order valence-corrected chi connectivity index (χ1v) is 6.66. The van der Waals surface area contributed by atoms with Crippen LogP contribution in [0.5, 0.6) is 0 Å². The molecule has 18 heavy (non-hydrogen) atoms. The summed E-state index contributed by atoms with van der Waals surface area (Å²) in [5, 5.41) is 15.9. The van der Waals surface area contributed by atoms with Crippen LogP contribution in [-0.2, 0) is 0 Å². The van der Waals surface area contributed by atoms with Crippen molar-refractivity contribution in [1.29, 1.82) is 0 Å². The minimum Gasteiger partial charge on any atom is -0.393 e. The largest absolute Gasteiger partial charge is 0.393 e. The van der Waals surface area contributed by atoms with E-state index in [0.717, 1.165) is 43.7 Å². The number of nitrogens with zero attached hydrogens (tertiary/aromatic N) is 2. The van der Waals surface area contributed by atoms with Gasteiger partial charge in [0.25, 0.3) is 0 Å². The second kappa shape index (κ2) is 7.87. The fourth-order valence-electron chi connectivity index (χ4n) is 1.50. The van der Waals surface area contributed by atoms with Crippen LogP contribution < -0.4 is 10.6 Å². The zero-order valence-electron chi connectivity index (χ0n) is 11.5. The van der Waals surface area contributed by atoms with Crippen LogP contribution in [0.2, 0.25) is 0 Å². The van der Waals surface area contributed by atoms with E-state index in [1.165, 1.54) is 0 Å². The Morgan fingerprint density at radius 1 is 1.28 bits per heavy atom. The second-order valence-corrected chi connectivity index (χ2v) is 4.43. The van der Waals surface area contributed by atoms with Gasteiger partial charge >= 0.3 is 0 Å². The zero-order valence-corrected chi connectivity index (χ0v) is 11.5. The topological polar surface area (TPSA) is 70.1 Å². The summed E-state index contributed by atoms with van der Waals surface area (Å²) < 4.78 is 0. The molecule has 0 bridgehead atoms.